The molecule has 0 amide bonds. The average Bonchev–Trinajstić information content (AvgIpc) is 2.59. The maximum atomic E-state index is 12.4. The minimum Gasteiger partial charge on any atom is -0.381 e. The van der Waals surface area contributed by atoms with Gasteiger partial charge in [0.05, 0.1) is 4.90 Å². The molecule has 0 bridgehead atoms. The lowest BCUT2D eigenvalue weighted by Crippen LogP contribution is -2.27. The monoisotopic (exact) mass is 355 g/mol. The number of aryl methyl sites for hydroxylation is 2. The van der Waals surface area contributed by atoms with Gasteiger partial charge < -0.3 is 4.74 Å². The van der Waals surface area contributed by atoms with Gasteiger partial charge in [0.15, 0.2) is 0 Å². The van der Waals surface area contributed by atoms with E-state index >= 15 is 0 Å². The van der Waals surface area contributed by atoms with Gasteiger partial charge in [0.1, 0.15) is 0 Å². The van der Waals surface area contributed by atoms with Crippen LogP contribution in [0.5, 0.6) is 0 Å². The van der Waals surface area contributed by atoms with Crippen molar-refractivity contribution in [1.29, 1.82) is 0 Å². The molecule has 1 aromatic rings. The molecule has 0 unspecified atom stereocenters. The summed E-state index contributed by atoms with van der Waals surface area (Å²) in [6, 6.07) is 5.60. The summed E-state index contributed by atoms with van der Waals surface area (Å²) < 4.78 is 32.9. The van der Waals surface area contributed by atoms with Crippen molar-refractivity contribution in [2.24, 2.45) is 0 Å². The van der Waals surface area contributed by atoms with E-state index in [-0.39, 0.29) is 0 Å². The summed E-state index contributed by atoms with van der Waals surface area (Å²) in [5.41, 5.74) is 2.51. The highest BCUT2D eigenvalue weighted by molar-refractivity contribution is 8.00. The fourth-order valence-corrected chi connectivity index (χ4v) is 5.49. The molecule has 23 heavy (non-hydrogen) atoms. The van der Waals surface area contributed by atoms with E-state index in [0.29, 0.717) is 16.7 Å². The number of thioether (sulfide) groups is 1. The Morgan fingerprint density at radius 1 is 1.13 bits per heavy atom. The highest BCUT2D eigenvalue weighted by atomic mass is 32.2. The van der Waals surface area contributed by atoms with Gasteiger partial charge in [-0.1, -0.05) is 6.07 Å². The third kappa shape index (κ3) is 4.72. The zero-order valence-corrected chi connectivity index (χ0v) is 15.1. The van der Waals surface area contributed by atoms with Gasteiger partial charge in [-0.05, 0) is 61.8 Å². The van der Waals surface area contributed by atoms with E-state index in [0.717, 1.165) is 51.1 Å². The Kier molecular flexibility index (Phi) is 6.01. The number of fused-ring (bicyclic) bond motifs is 1. The first-order chi connectivity index (χ1) is 11.1. The summed E-state index contributed by atoms with van der Waals surface area (Å²) in [6.45, 7) is 2.15. The largest absolute Gasteiger partial charge is 0.381 e. The number of benzene rings is 1. The van der Waals surface area contributed by atoms with Crippen molar-refractivity contribution in [2.45, 2.75) is 48.7 Å². The van der Waals surface area contributed by atoms with Crippen molar-refractivity contribution < 1.29 is 13.2 Å². The van der Waals surface area contributed by atoms with E-state index in [9.17, 15) is 8.42 Å². The summed E-state index contributed by atoms with van der Waals surface area (Å²) in [5, 5.41) is 0.608. The minimum atomic E-state index is -3.38. The highest BCUT2D eigenvalue weighted by Gasteiger charge is 2.18. The highest BCUT2D eigenvalue weighted by Crippen LogP contribution is 2.24. The molecular weight excluding hydrogens is 330 g/mol. The van der Waals surface area contributed by atoms with Crippen LogP contribution in [0.3, 0.4) is 0 Å². The third-order valence-corrected chi connectivity index (χ3v) is 7.39. The summed E-state index contributed by atoms with van der Waals surface area (Å²) >= 11 is 1.85. The summed E-state index contributed by atoms with van der Waals surface area (Å²) in [5.74, 6) is 0.814. The number of hydrogen-bond acceptors (Lipinski definition) is 4. The molecule has 2 aliphatic rings. The Morgan fingerprint density at radius 2 is 1.87 bits per heavy atom. The van der Waals surface area contributed by atoms with Gasteiger partial charge in [0.2, 0.25) is 10.0 Å². The van der Waals surface area contributed by atoms with Crippen molar-refractivity contribution in [3.05, 3.63) is 29.3 Å². The first kappa shape index (κ1) is 17.3. The Balaban J connectivity index is 1.52. The summed E-state index contributed by atoms with van der Waals surface area (Å²) in [7, 11) is -3.38. The lowest BCUT2D eigenvalue weighted by Gasteiger charge is -2.21. The van der Waals surface area contributed by atoms with Gasteiger partial charge in [-0.15, -0.1) is 0 Å². The van der Waals surface area contributed by atoms with E-state index in [4.69, 9.17) is 4.74 Å². The second-order valence-electron chi connectivity index (χ2n) is 6.22. The van der Waals surface area contributed by atoms with Crippen molar-refractivity contribution in [3.8, 4) is 0 Å². The van der Waals surface area contributed by atoms with E-state index in [2.05, 4.69) is 4.72 Å². The van der Waals surface area contributed by atoms with E-state index in [1.54, 1.807) is 6.07 Å². The molecule has 0 aromatic heterocycles. The van der Waals surface area contributed by atoms with Gasteiger partial charge in [0.25, 0.3) is 0 Å². The molecule has 6 heteroatoms. The lowest BCUT2D eigenvalue weighted by molar-refractivity contribution is 0.100. The van der Waals surface area contributed by atoms with Crippen LogP contribution < -0.4 is 4.72 Å². The van der Waals surface area contributed by atoms with Crippen molar-refractivity contribution in [2.75, 3.05) is 25.5 Å². The van der Waals surface area contributed by atoms with Gasteiger partial charge in [0, 0.05) is 30.8 Å². The molecule has 1 heterocycles. The second-order valence-corrected chi connectivity index (χ2v) is 9.39. The molecule has 0 radical (unpaired) electrons. The van der Waals surface area contributed by atoms with Crippen molar-refractivity contribution >= 4 is 21.8 Å². The maximum absolute atomic E-state index is 12.4. The van der Waals surface area contributed by atoms with Crippen LogP contribution in [0.2, 0.25) is 0 Å². The minimum absolute atomic E-state index is 0.411. The maximum Gasteiger partial charge on any atom is 0.240 e. The Bertz CT molecular complexity index is 625. The van der Waals surface area contributed by atoms with E-state index in [1.807, 2.05) is 23.9 Å². The smallest absolute Gasteiger partial charge is 0.240 e. The number of hydrogen-bond donors (Lipinski definition) is 1. The van der Waals surface area contributed by atoms with Gasteiger partial charge in [-0.2, -0.15) is 11.8 Å². The molecule has 0 atom stereocenters. The molecule has 0 saturated carbocycles. The first-order valence-electron chi connectivity index (χ1n) is 8.46. The fourth-order valence-electron chi connectivity index (χ4n) is 3.20. The Labute approximate surface area is 143 Å². The molecule has 128 valence electrons. The molecule has 4 nitrogen and oxygen atoms in total. The van der Waals surface area contributed by atoms with Crippen LogP contribution >= 0.6 is 11.8 Å². The zero-order valence-electron chi connectivity index (χ0n) is 13.4. The molecule has 1 aromatic carbocycles. The van der Waals surface area contributed by atoms with Crippen LogP contribution in [0.25, 0.3) is 0 Å². The standard InChI is InChI=1S/C17H25NO3S2/c19-23(20,18-9-12-22-16-7-10-21-11-8-16)17-6-5-14-3-1-2-4-15(14)13-17/h5-6,13,16,18H,1-4,7-12H2. The van der Waals surface area contributed by atoms with Gasteiger partial charge in [-0.3, -0.25) is 0 Å². The summed E-state index contributed by atoms with van der Waals surface area (Å²) in [6.07, 6.45) is 6.58. The Morgan fingerprint density at radius 3 is 2.65 bits per heavy atom. The van der Waals surface area contributed by atoms with Crippen molar-refractivity contribution in [1.82, 2.24) is 4.72 Å². The normalized spacial score (nSPS) is 19.5. The van der Waals surface area contributed by atoms with Crippen LogP contribution in [-0.2, 0) is 27.6 Å². The van der Waals surface area contributed by atoms with Gasteiger partial charge in [-0.25, -0.2) is 13.1 Å². The van der Waals surface area contributed by atoms with Crippen LogP contribution in [0, 0.1) is 0 Å². The van der Waals surface area contributed by atoms with E-state index < -0.39 is 10.0 Å². The number of rotatable bonds is 6. The SMILES string of the molecule is O=S(=O)(NCCSC1CCOCC1)c1ccc2c(c1)CCCC2. The van der Waals surface area contributed by atoms with Crippen LogP contribution in [0.15, 0.2) is 23.1 Å². The molecule has 1 aliphatic heterocycles. The molecule has 1 fully saturated rings. The predicted molar refractivity (Wildman–Crippen MR) is 94.6 cm³/mol. The first-order valence-corrected chi connectivity index (χ1v) is 11.0. The Hall–Kier alpha value is -0.560. The summed E-state index contributed by atoms with van der Waals surface area (Å²) in [4.78, 5) is 0.411. The fraction of sp³-hybridized carbons (Fsp3) is 0.647. The molecule has 1 saturated heterocycles. The molecule has 1 aliphatic carbocycles. The average molecular weight is 356 g/mol. The molecule has 3 rings (SSSR count). The molecule has 1 N–H and O–H groups in total. The molecule has 0 spiro atoms. The predicted octanol–water partition coefficient (Wildman–Crippen LogP) is 2.76. The van der Waals surface area contributed by atoms with E-state index in [1.165, 1.54) is 17.5 Å². The topological polar surface area (TPSA) is 55.4 Å². The number of nitrogens with one attached hydrogen (secondary N) is 1. The molecular formula is C17H25NO3S2. The van der Waals surface area contributed by atoms with Crippen LogP contribution in [0.4, 0.5) is 0 Å². The third-order valence-electron chi connectivity index (χ3n) is 4.55. The van der Waals surface area contributed by atoms with Crippen LogP contribution in [0.1, 0.15) is 36.8 Å². The lowest BCUT2D eigenvalue weighted by atomic mass is 9.92. The number of sulfonamides is 1. The zero-order chi connectivity index (χ0) is 16.1. The quantitative estimate of drug-likeness (QED) is 0.797. The second kappa shape index (κ2) is 8.01. The van der Waals surface area contributed by atoms with Crippen molar-refractivity contribution in [3.63, 3.8) is 0 Å². The van der Waals surface area contributed by atoms with Gasteiger partial charge >= 0.3 is 0 Å². The number of ether oxygens (including phenoxy) is 1. The van der Waals surface area contributed by atoms with Crippen LogP contribution in [-0.4, -0.2) is 39.2 Å².